The number of aryl methyl sites for hydroxylation is 1. The van der Waals surface area contributed by atoms with Gasteiger partial charge in [-0.3, -0.25) is 14.5 Å². The zero-order chi connectivity index (χ0) is 24.5. The minimum atomic E-state index is -0.890. The van der Waals surface area contributed by atoms with Gasteiger partial charge in [-0.1, -0.05) is 71.6 Å². The average molecular weight is 524 g/mol. The molecule has 6 nitrogen and oxygen atoms in total. The summed E-state index contributed by atoms with van der Waals surface area (Å²) in [6.07, 6.45) is 0. The van der Waals surface area contributed by atoms with Crippen LogP contribution in [0.3, 0.4) is 0 Å². The number of aliphatic hydroxyl groups excluding tert-OH is 1. The van der Waals surface area contributed by atoms with E-state index in [0.29, 0.717) is 20.5 Å². The van der Waals surface area contributed by atoms with Gasteiger partial charge in [-0.25, -0.2) is 4.39 Å². The van der Waals surface area contributed by atoms with Gasteiger partial charge in [0.25, 0.3) is 5.78 Å². The number of thiophene rings is 1. The van der Waals surface area contributed by atoms with Gasteiger partial charge in [-0.05, 0) is 35.6 Å². The molecule has 1 unspecified atom stereocenters. The zero-order valence-corrected chi connectivity index (χ0v) is 20.8. The monoisotopic (exact) mass is 523 g/mol. The molecule has 2 aromatic heterocycles. The Balaban J connectivity index is 1.53. The molecular formula is C25H18FN3O3S3. The Morgan fingerprint density at radius 1 is 1.11 bits per heavy atom. The molecule has 2 aromatic carbocycles. The summed E-state index contributed by atoms with van der Waals surface area (Å²) in [7, 11) is 0. The van der Waals surface area contributed by atoms with Crippen molar-refractivity contribution in [3.05, 3.63) is 99.0 Å². The van der Waals surface area contributed by atoms with Crippen molar-refractivity contribution in [3.8, 4) is 0 Å². The number of Topliss-reactive ketones (excluding diaryl/α,β-unsaturated/α-hetero) is 1. The van der Waals surface area contributed by atoms with Gasteiger partial charge in [0.1, 0.15) is 17.6 Å². The van der Waals surface area contributed by atoms with Crippen molar-refractivity contribution in [1.29, 1.82) is 0 Å². The van der Waals surface area contributed by atoms with Gasteiger partial charge in [-0.2, -0.15) is 0 Å². The number of benzene rings is 2. The first-order chi connectivity index (χ1) is 16.9. The number of nitrogens with zero attached hydrogens (tertiary/aromatic N) is 3. The standard InChI is InChI=1S/C25H18FN3O3S3/c1-14-9-10-16(12-17(14)26)21(30)19-20(18-8-5-11-33-18)29(23(32)22(19)31)24-27-28-25(35-24)34-13-15-6-3-2-4-7-15/h2-12,20,30H,13H2,1H3/b21-19+. The molecule has 3 heterocycles. The third kappa shape index (κ3) is 4.52. The van der Waals surface area contributed by atoms with Crippen molar-refractivity contribution in [1.82, 2.24) is 10.2 Å². The fourth-order valence-electron chi connectivity index (χ4n) is 3.72. The summed E-state index contributed by atoms with van der Waals surface area (Å²) in [6, 6.07) is 16.8. The third-order valence-corrected chi connectivity index (χ3v) is 8.56. The highest BCUT2D eigenvalue weighted by Crippen LogP contribution is 2.45. The van der Waals surface area contributed by atoms with E-state index < -0.39 is 29.3 Å². The first-order valence-corrected chi connectivity index (χ1v) is 13.2. The second-order valence-corrected chi connectivity index (χ2v) is 10.9. The number of halogens is 1. The second kappa shape index (κ2) is 9.73. The van der Waals surface area contributed by atoms with E-state index in [0.717, 1.165) is 11.6 Å². The Labute approximate surface area is 212 Å². The topological polar surface area (TPSA) is 83.4 Å². The fraction of sp³-hybridized carbons (Fsp3) is 0.120. The Bertz CT molecular complexity index is 1430. The summed E-state index contributed by atoms with van der Waals surface area (Å²) in [6.45, 7) is 1.60. The number of amides is 1. The van der Waals surface area contributed by atoms with Crippen LogP contribution < -0.4 is 4.90 Å². The highest BCUT2D eigenvalue weighted by Gasteiger charge is 2.48. The van der Waals surface area contributed by atoms with E-state index in [2.05, 4.69) is 10.2 Å². The summed E-state index contributed by atoms with van der Waals surface area (Å²) < 4.78 is 14.8. The molecule has 0 spiro atoms. The quantitative estimate of drug-likeness (QED) is 0.110. The number of aromatic nitrogens is 2. The van der Waals surface area contributed by atoms with Crippen LogP contribution in [-0.2, 0) is 15.3 Å². The van der Waals surface area contributed by atoms with Crippen molar-refractivity contribution in [2.24, 2.45) is 0 Å². The Morgan fingerprint density at radius 2 is 1.91 bits per heavy atom. The predicted octanol–water partition coefficient (Wildman–Crippen LogP) is 5.97. The van der Waals surface area contributed by atoms with Gasteiger partial charge in [-0.15, -0.1) is 21.5 Å². The van der Waals surface area contributed by atoms with Gasteiger partial charge in [0.15, 0.2) is 4.34 Å². The summed E-state index contributed by atoms with van der Waals surface area (Å²) in [4.78, 5) is 28.2. The van der Waals surface area contributed by atoms with Crippen molar-refractivity contribution in [3.63, 3.8) is 0 Å². The van der Waals surface area contributed by atoms with Crippen molar-refractivity contribution >= 4 is 57.0 Å². The fourth-order valence-corrected chi connectivity index (χ4v) is 6.37. The van der Waals surface area contributed by atoms with Crippen LogP contribution in [0.1, 0.15) is 27.6 Å². The molecule has 1 N–H and O–H groups in total. The SMILES string of the molecule is Cc1ccc(/C(O)=C2\C(=O)C(=O)N(c3nnc(SCc4ccccc4)s3)C2c2cccs2)cc1F. The zero-order valence-electron chi connectivity index (χ0n) is 18.3. The number of hydrogen-bond acceptors (Lipinski definition) is 8. The van der Waals surface area contributed by atoms with E-state index in [1.807, 2.05) is 35.7 Å². The van der Waals surface area contributed by atoms with E-state index in [1.165, 1.54) is 51.5 Å². The molecule has 0 saturated carbocycles. The molecule has 0 bridgehead atoms. The highest BCUT2D eigenvalue weighted by molar-refractivity contribution is 8.00. The largest absolute Gasteiger partial charge is 0.507 e. The van der Waals surface area contributed by atoms with E-state index in [4.69, 9.17) is 0 Å². The molecule has 35 heavy (non-hydrogen) atoms. The number of carbonyl (C=O) groups excluding carboxylic acids is 2. The van der Waals surface area contributed by atoms with Crippen molar-refractivity contribution in [2.75, 3.05) is 4.90 Å². The van der Waals surface area contributed by atoms with Crippen LogP contribution in [0.25, 0.3) is 5.76 Å². The molecule has 0 radical (unpaired) electrons. The van der Waals surface area contributed by atoms with Crippen LogP contribution >= 0.6 is 34.4 Å². The second-order valence-electron chi connectivity index (χ2n) is 7.77. The van der Waals surface area contributed by atoms with E-state index >= 15 is 0 Å². The van der Waals surface area contributed by atoms with Gasteiger partial charge in [0, 0.05) is 16.2 Å². The van der Waals surface area contributed by atoms with Gasteiger partial charge in [0.2, 0.25) is 5.13 Å². The lowest BCUT2D eigenvalue weighted by atomic mass is 9.99. The van der Waals surface area contributed by atoms with Crippen molar-refractivity contribution < 1.29 is 19.1 Å². The van der Waals surface area contributed by atoms with Crippen LogP contribution in [-0.4, -0.2) is 27.0 Å². The number of thioether (sulfide) groups is 1. The molecule has 1 aliphatic heterocycles. The van der Waals surface area contributed by atoms with Crippen molar-refractivity contribution in [2.45, 2.75) is 23.1 Å². The predicted molar refractivity (Wildman–Crippen MR) is 136 cm³/mol. The molecule has 10 heteroatoms. The molecule has 1 aliphatic rings. The minimum absolute atomic E-state index is 0.102. The summed E-state index contributed by atoms with van der Waals surface area (Å²) in [5, 5.41) is 21.5. The minimum Gasteiger partial charge on any atom is -0.507 e. The lowest BCUT2D eigenvalue weighted by molar-refractivity contribution is -0.132. The number of rotatable bonds is 6. The number of hydrogen-bond donors (Lipinski definition) is 1. The molecule has 1 fully saturated rings. The summed E-state index contributed by atoms with van der Waals surface area (Å²) in [5.74, 6) is -1.92. The first kappa shape index (κ1) is 23.4. The summed E-state index contributed by atoms with van der Waals surface area (Å²) >= 11 is 4.03. The van der Waals surface area contributed by atoms with Gasteiger partial charge < -0.3 is 5.11 Å². The molecular weight excluding hydrogens is 505 g/mol. The molecule has 1 atom stereocenters. The molecule has 1 saturated heterocycles. The van der Waals surface area contributed by atoms with Crippen LogP contribution in [0.15, 0.2) is 76.0 Å². The Hall–Kier alpha value is -3.34. The highest BCUT2D eigenvalue weighted by atomic mass is 32.2. The van der Waals surface area contributed by atoms with E-state index in [1.54, 1.807) is 19.1 Å². The number of carbonyl (C=O) groups is 2. The lowest BCUT2D eigenvalue weighted by Crippen LogP contribution is -2.29. The summed E-state index contributed by atoms with van der Waals surface area (Å²) in [5.41, 5.74) is 1.56. The average Bonchev–Trinajstić information content (AvgIpc) is 3.61. The number of aliphatic hydroxyl groups is 1. The molecule has 4 aromatic rings. The normalized spacial score (nSPS) is 17.3. The van der Waals surface area contributed by atoms with Gasteiger partial charge >= 0.3 is 5.91 Å². The van der Waals surface area contributed by atoms with Crippen LogP contribution in [0.4, 0.5) is 9.52 Å². The van der Waals surface area contributed by atoms with Crippen LogP contribution in [0.5, 0.6) is 0 Å². The molecule has 5 rings (SSSR count). The Morgan fingerprint density at radius 3 is 2.63 bits per heavy atom. The lowest BCUT2D eigenvalue weighted by Gasteiger charge is -2.20. The maximum atomic E-state index is 14.2. The number of ketones is 1. The van der Waals surface area contributed by atoms with Crippen LogP contribution in [0, 0.1) is 12.7 Å². The number of anilines is 1. The first-order valence-electron chi connectivity index (χ1n) is 10.5. The molecule has 176 valence electrons. The maximum absolute atomic E-state index is 14.2. The molecule has 0 aliphatic carbocycles. The Kier molecular flexibility index (Phi) is 6.50. The van der Waals surface area contributed by atoms with E-state index in [-0.39, 0.29) is 16.3 Å². The van der Waals surface area contributed by atoms with Gasteiger partial charge in [0.05, 0.1) is 5.57 Å². The smallest absolute Gasteiger partial charge is 0.301 e. The molecule has 1 amide bonds. The third-order valence-electron chi connectivity index (χ3n) is 5.51. The maximum Gasteiger partial charge on any atom is 0.301 e. The van der Waals surface area contributed by atoms with E-state index in [9.17, 15) is 19.1 Å². The van der Waals surface area contributed by atoms with Crippen LogP contribution in [0.2, 0.25) is 0 Å².